The zero-order chi connectivity index (χ0) is 19.2. The maximum absolute atomic E-state index is 12.6. The maximum Gasteiger partial charge on any atom is 0.272 e. The predicted octanol–water partition coefficient (Wildman–Crippen LogP) is 1.26. The summed E-state index contributed by atoms with van der Waals surface area (Å²) in [5.41, 5.74) is 1.06. The Morgan fingerprint density at radius 1 is 1.15 bits per heavy atom. The van der Waals surface area contributed by atoms with Crippen molar-refractivity contribution in [2.24, 2.45) is 0 Å². The van der Waals surface area contributed by atoms with E-state index in [1.54, 1.807) is 34.1 Å². The van der Waals surface area contributed by atoms with E-state index in [0.717, 1.165) is 6.41 Å². The maximum atomic E-state index is 12.6. The number of rotatable bonds is 5. The Labute approximate surface area is 156 Å². The third-order valence-corrected chi connectivity index (χ3v) is 4.35. The van der Waals surface area contributed by atoms with E-state index in [1.165, 1.54) is 19.4 Å². The molecule has 1 aromatic carbocycles. The number of hydrogen-bond donors (Lipinski definition) is 1. The molecule has 0 radical (unpaired) electrons. The quantitative estimate of drug-likeness (QED) is 0.802. The molecule has 0 bridgehead atoms. The van der Waals surface area contributed by atoms with Crippen LogP contribution in [0.25, 0.3) is 0 Å². The Bertz CT molecular complexity index is 847. The van der Waals surface area contributed by atoms with Gasteiger partial charge in [-0.2, -0.15) is 0 Å². The molecule has 1 aliphatic rings. The Morgan fingerprint density at radius 3 is 2.59 bits per heavy atom. The molecule has 3 amide bonds. The van der Waals surface area contributed by atoms with Gasteiger partial charge in [0.05, 0.1) is 12.8 Å². The second-order valence-corrected chi connectivity index (χ2v) is 6.02. The first kappa shape index (κ1) is 18.4. The molecular formula is C19H20N4O4. The van der Waals surface area contributed by atoms with Crippen molar-refractivity contribution < 1.29 is 19.1 Å². The number of anilines is 1. The number of benzene rings is 1. The van der Waals surface area contributed by atoms with Crippen molar-refractivity contribution in [2.45, 2.75) is 0 Å². The SMILES string of the molecule is COc1ccccc1NC(=O)c1ccnc(C(=O)N2CCN(C=O)CC2)c1. The van der Waals surface area contributed by atoms with Crippen LogP contribution in [0.4, 0.5) is 5.69 Å². The lowest BCUT2D eigenvalue weighted by atomic mass is 10.2. The van der Waals surface area contributed by atoms with E-state index in [0.29, 0.717) is 43.2 Å². The first-order chi connectivity index (χ1) is 13.1. The van der Waals surface area contributed by atoms with Gasteiger partial charge in [-0.25, -0.2) is 0 Å². The molecule has 1 aliphatic heterocycles. The number of carbonyl (C=O) groups excluding carboxylic acids is 3. The summed E-state index contributed by atoms with van der Waals surface area (Å²) >= 11 is 0. The summed E-state index contributed by atoms with van der Waals surface area (Å²) in [6.07, 6.45) is 2.22. The van der Waals surface area contributed by atoms with Crippen molar-refractivity contribution >= 4 is 23.9 Å². The molecular weight excluding hydrogens is 348 g/mol. The van der Waals surface area contributed by atoms with Crippen LogP contribution >= 0.6 is 0 Å². The molecule has 0 atom stereocenters. The van der Waals surface area contributed by atoms with Gasteiger partial charge in [-0.15, -0.1) is 0 Å². The van der Waals surface area contributed by atoms with Gasteiger partial charge in [-0.05, 0) is 24.3 Å². The summed E-state index contributed by atoms with van der Waals surface area (Å²) in [5.74, 6) is -0.0709. The minimum atomic E-state index is -0.360. The van der Waals surface area contributed by atoms with Gasteiger partial charge in [0.1, 0.15) is 11.4 Å². The number of methoxy groups -OCH3 is 1. The number of piperazine rings is 1. The third kappa shape index (κ3) is 4.22. The lowest BCUT2D eigenvalue weighted by molar-refractivity contribution is -0.119. The van der Waals surface area contributed by atoms with Crippen molar-refractivity contribution in [3.05, 3.63) is 53.9 Å². The number of carbonyl (C=O) groups is 3. The lowest BCUT2D eigenvalue weighted by Crippen LogP contribution is -2.48. The Kier molecular flexibility index (Phi) is 5.65. The zero-order valence-electron chi connectivity index (χ0n) is 14.9. The molecule has 2 aromatic rings. The van der Waals surface area contributed by atoms with Gasteiger partial charge in [0.25, 0.3) is 11.8 Å². The molecule has 1 aromatic heterocycles. The van der Waals surface area contributed by atoms with Crippen molar-refractivity contribution in [1.29, 1.82) is 0 Å². The Morgan fingerprint density at radius 2 is 1.89 bits per heavy atom. The molecule has 0 unspecified atom stereocenters. The number of amides is 3. The van der Waals surface area contributed by atoms with Crippen LogP contribution in [0.5, 0.6) is 5.75 Å². The highest BCUT2D eigenvalue weighted by Crippen LogP contribution is 2.23. The fourth-order valence-corrected chi connectivity index (χ4v) is 2.82. The van der Waals surface area contributed by atoms with E-state index in [-0.39, 0.29) is 17.5 Å². The van der Waals surface area contributed by atoms with Gasteiger partial charge in [0, 0.05) is 37.9 Å². The largest absolute Gasteiger partial charge is 0.495 e. The van der Waals surface area contributed by atoms with E-state index >= 15 is 0 Å². The van der Waals surface area contributed by atoms with Crippen LogP contribution in [-0.2, 0) is 4.79 Å². The molecule has 27 heavy (non-hydrogen) atoms. The van der Waals surface area contributed by atoms with Crippen molar-refractivity contribution in [2.75, 3.05) is 38.6 Å². The third-order valence-electron chi connectivity index (χ3n) is 4.35. The van der Waals surface area contributed by atoms with Crippen LogP contribution in [0.3, 0.4) is 0 Å². The minimum Gasteiger partial charge on any atom is -0.495 e. The number of ether oxygens (including phenoxy) is 1. The first-order valence-corrected chi connectivity index (χ1v) is 8.51. The number of nitrogens with zero attached hydrogens (tertiary/aromatic N) is 3. The molecule has 8 heteroatoms. The Hall–Kier alpha value is -3.42. The van der Waals surface area contributed by atoms with E-state index in [4.69, 9.17) is 4.74 Å². The monoisotopic (exact) mass is 368 g/mol. The topological polar surface area (TPSA) is 91.8 Å². The summed E-state index contributed by atoms with van der Waals surface area (Å²) in [6, 6.07) is 10.1. The van der Waals surface area contributed by atoms with E-state index in [2.05, 4.69) is 10.3 Å². The molecule has 8 nitrogen and oxygen atoms in total. The number of para-hydroxylation sites is 2. The van der Waals surface area contributed by atoms with E-state index < -0.39 is 0 Å². The molecule has 3 rings (SSSR count). The average molecular weight is 368 g/mol. The second-order valence-electron chi connectivity index (χ2n) is 6.02. The highest BCUT2D eigenvalue weighted by atomic mass is 16.5. The molecule has 1 fully saturated rings. The van der Waals surface area contributed by atoms with Crippen molar-refractivity contribution in [3.8, 4) is 5.75 Å². The van der Waals surface area contributed by atoms with Crippen molar-refractivity contribution in [3.63, 3.8) is 0 Å². The predicted molar refractivity (Wildman–Crippen MR) is 98.7 cm³/mol. The molecule has 1 saturated heterocycles. The van der Waals surface area contributed by atoms with Crippen LogP contribution in [0.2, 0.25) is 0 Å². The number of pyridine rings is 1. The normalized spacial score (nSPS) is 13.8. The first-order valence-electron chi connectivity index (χ1n) is 8.51. The van der Waals surface area contributed by atoms with Crippen LogP contribution in [-0.4, -0.2) is 66.3 Å². The van der Waals surface area contributed by atoms with Crippen molar-refractivity contribution in [1.82, 2.24) is 14.8 Å². The van der Waals surface area contributed by atoms with Crippen LogP contribution in [0.15, 0.2) is 42.6 Å². The highest BCUT2D eigenvalue weighted by molar-refractivity contribution is 6.06. The molecule has 2 heterocycles. The van der Waals surface area contributed by atoms with Gasteiger partial charge < -0.3 is 19.9 Å². The summed E-state index contributed by atoms with van der Waals surface area (Å²) < 4.78 is 5.22. The fourth-order valence-electron chi connectivity index (χ4n) is 2.82. The Balaban J connectivity index is 1.72. The minimum absolute atomic E-state index is 0.197. The molecule has 140 valence electrons. The van der Waals surface area contributed by atoms with Gasteiger partial charge in [-0.3, -0.25) is 19.4 Å². The van der Waals surface area contributed by atoms with Gasteiger partial charge in [0.2, 0.25) is 6.41 Å². The molecule has 0 saturated carbocycles. The summed E-state index contributed by atoms with van der Waals surface area (Å²) in [4.78, 5) is 43.3. The van der Waals surface area contributed by atoms with E-state index in [1.807, 2.05) is 6.07 Å². The summed E-state index contributed by atoms with van der Waals surface area (Å²) in [6.45, 7) is 1.86. The molecule has 0 aliphatic carbocycles. The van der Waals surface area contributed by atoms with Gasteiger partial charge in [0.15, 0.2) is 0 Å². The van der Waals surface area contributed by atoms with Crippen LogP contribution in [0, 0.1) is 0 Å². The fraction of sp³-hybridized carbons (Fsp3) is 0.263. The van der Waals surface area contributed by atoms with E-state index in [9.17, 15) is 14.4 Å². The van der Waals surface area contributed by atoms with Gasteiger partial charge >= 0.3 is 0 Å². The lowest BCUT2D eigenvalue weighted by Gasteiger charge is -2.32. The van der Waals surface area contributed by atoms with Crippen LogP contribution in [0.1, 0.15) is 20.8 Å². The second kappa shape index (κ2) is 8.31. The average Bonchev–Trinajstić information content (AvgIpc) is 2.73. The highest BCUT2D eigenvalue weighted by Gasteiger charge is 2.23. The smallest absolute Gasteiger partial charge is 0.272 e. The summed E-state index contributed by atoms with van der Waals surface area (Å²) in [5, 5.41) is 2.77. The van der Waals surface area contributed by atoms with Gasteiger partial charge in [-0.1, -0.05) is 12.1 Å². The van der Waals surface area contributed by atoms with Crippen LogP contribution < -0.4 is 10.1 Å². The number of aromatic nitrogens is 1. The summed E-state index contributed by atoms with van der Waals surface area (Å²) in [7, 11) is 1.53. The molecule has 1 N–H and O–H groups in total. The molecule has 0 spiro atoms. The number of nitrogens with one attached hydrogen (secondary N) is 1. The number of hydrogen-bond acceptors (Lipinski definition) is 5. The zero-order valence-corrected chi connectivity index (χ0v) is 14.9. The standard InChI is InChI=1S/C19H20N4O4/c1-27-17-5-3-2-4-15(17)21-18(25)14-6-7-20-16(12-14)19(26)23-10-8-22(13-24)9-11-23/h2-7,12-13H,8-11H2,1H3,(H,21,25).